The summed E-state index contributed by atoms with van der Waals surface area (Å²) in [5, 5.41) is 0. The van der Waals surface area contributed by atoms with Crippen LogP contribution in [0, 0.1) is 6.92 Å². The molecular weight excluding hydrogens is 221 g/mol. The summed E-state index contributed by atoms with van der Waals surface area (Å²) >= 11 is 3.33. The highest BCUT2D eigenvalue weighted by atomic mass is 79.9. The van der Waals surface area contributed by atoms with Crippen molar-refractivity contribution >= 4 is 15.9 Å². The maximum Gasteiger partial charge on any atom is 0.109 e. The molecule has 12 heavy (non-hydrogen) atoms. The Kier molecular flexibility index (Phi) is 3.23. The van der Waals surface area contributed by atoms with Gasteiger partial charge >= 0.3 is 0 Å². The quantitative estimate of drug-likeness (QED) is 0.833. The van der Waals surface area contributed by atoms with Crippen molar-refractivity contribution < 1.29 is 4.39 Å². The highest BCUT2D eigenvalue weighted by Crippen LogP contribution is 2.23. The number of halogens is 2. The fourth-order valence-corrected chi connectivity index (χ4v) is 1.57. The summed E-state index contributed by atoms with van der Waals surface area (Å²) in [6, 6.07) is 5.23. The van der Waals surface area contributed by atoms with Crippen molar-refractivity contribution in [3.8, 4) is 0 Å². The summed E-state index contributed by atoms with van der Waals surface area (Å²) in [5.74, 6) is 0. The van der Waals surface area contributed by atoms with Gasteiger partial charge in [-0.1, -0.05) is 33.6 Å². The molecule has 1 aromatic rings. The molecule has 0 amide bonds. The van der Waals surface area contributed by atoms with E-state index >= 15 is 0 Å². The number of aryl methyl sites for hydroxylation is 1. The van der Waals surface area contributed by atoms with Gasteiger partial charge in [0.2, 0.25) is 0 Å². The topological polar surface area (TPSA) is 26.0 Å². The Morgan fingerprint density at radius 3 is 2.83 bits per heavy atom. The second-order valence-electron chi connectivity index (χ2n) is 2.79. The van der Waals surface area contributed by atoms with E-state index in [9.17, 15) is 4.39 Å². The van der Waals surface area contributed by atoms with Crippen LogP contribution in [-0.4, -0.2) is 6.67 Å². The minimum atomic E-state index is -0.526. The van der Waals surface area contributed by atoms with Crippen molar-refractivity contribution in [2.24, 2.45) is 5.73 Å². The van der Waals surface area contributed by atoms with Crippen LogP contribution in [-0.2, 0) is 0 Å². The third-order valence-corrected chi connectivity index (χ3v) is 2.44. The van der Waals surface area contributed by atoms with Gasteiger partial charge in [-0.2, -0.15) is 0 Å². The molecule has 0 aliphatic heterocycles. The molecule has 0 radical (unpaired) electrons. The largest absolute Gasteiger partial charge is 0.322 e. The molecule has 0 aliphatic carbocycles. The number of benzene rings is 1. The van der Waals surface area contributed by atoms with Crippen molar-refractivity contribution in [3.05, 3.63) is 33.8 Å². The van der Waals surface area contributed by atoms with E-state index in [2.05, 4.69) is 15.9 Å². The molecule has 0 fully saturated rings. The van der Waals surface area contributed by atoms with Crippen molar-refractivity contribution in [3.63, 3.8) is 0 Å². The second-order valence-corrected chi connectivity index (χ2v) is 3.64. The number of hydrogen-bond acceptors (Lipinski definition) is 1. The zero-order valence-electron chi connectivity index (χ0n) is 6.85. The van der Waals surface area contributed by atoms with Gasteiger partial charge < -0.3 is 5.73 Å². The van der Waals surface area contributed by atoms with E-state index < -0.39 is 12.7 Å². The summed E-state index contributed by atoms with van der Waals surface area (Å²) in [7, 11) is 0. The molecule has 0 aromatic heterocycles. The van der Waals surface area contributed by atoms with Crippen molar-refractivity contribution in [2.75, 3.05) is 6.67 Å². The lowest BCUT2D eigenvalue weighted by molar-refractivity contribution is 0.436. The van der Waals surface area contributed by atoms with E-state index in [4.69, 9.17) is 5.73 Å². The molecule has 0 bridgehead atoms. The van der Waals surface area contributed by atoms with Gasteiger partial charge in [0.05, 0.1) is 6.04 Å². The van der Waals surface area contributed by atoms with Crippen LogP contribution in [0.3, 0.4) is 0 Å². The summed E-state index contributed by atoms with van der Waals surface area (Å²) in [4.78, 5) is 0. The van der Waals surface area contributed by atoms with Gasteiger partial charge in [-0.05, 0) is 18.6 Å². The molecule has 1 aromatic carbocycles. The fraction of sp³-hybridized carbons (Fsp3) is 0.333. The zero-order chi connectivity index (χ0) is 9.14. The summed E-state index contributed by atoms with van der Waals surface area (Å²) in [6.07, 6.45) is 0. The first-order chi connectivity index (χ1) is 5.65. The zero-order valence-corrected chi connectivity index (χ0v) is 8.44. The summed E-state index contributed by atoms with van der Waals surface area (Å²) < 4.78 is 13.1. The number of hydrogen-bond donors (Lipinski definition) is 1. The second kappa shape index (κ2) is 4.01. The SMILES string of the molecule is Cc1ccc(Br)c([C@@H](N)CF)c1. The van der Waals surface area contributed by atoms with Gasteiger partial charge in [0, 0.05) is 4.47 Å². The maximum absolute atomic E-state index is 12.2. The first kappa shape index (κ1) is 9.68. The molecule has 3 heteroatoms. The van der Waals surface area contributed by atoms with Crippen LogP contribution in [0.2, 0.25) is 0 Å². The third-order valence-electron chi connectivity index (χ3n) is 1.72. The van der Waals surface area contributed by atoms with Crippen molar-refractivity contribution in [1.82, 2.24) is 0 Å². The Balaban J connectivity index is 3.04. The molecule has 1 atom stereocenters. The van der Waals surface area contributed by atoms with Crippen LogP contribution in [0.5, 0.6) is 0 Å². The molecule has 0 spiro atoms. The van der Waals surface area contributed by atoms with Crippen molar-refractivity contribution in [2.45, 2.75) is 13.0 Å². The molecular formula is C9H11BrFN. The highest BCUT2D eigenvalue weighted by molar-refractivity contribution is 9.10. The molecule has 1 rings (SSSR count). The predicted molar refractivity (Wildman–Crippen MR) is 51.8 cm³/mol. The molecule has 2 N–H and O–H groups in total. The first-order valence-electron chi connectivity index (χ1n) is 3.72. The summed E-state index contributed by atoms with van der Waals surface area (Å²) in [5.41, 5.74) is 7.48. The smallest absolute Gasteiger partial charge is 0.109 e. The highest BCUT2D eigenvalue weighted by Gasteiger charge is 2.08. The molecule has 0 unspecified atom stereocenters. The Bertz CT molecular complexity index is 275. The van der Waals surface area contributed by atoms with E-state index in [-0.39, 0.29) is 0 Å². The number of alkyl halides is 1. The number of nitrogens with two attached hydrogens (primary N) is 1. The Hall–Kier alpha value is -0.410. The van der Waals surface area contributed by atoms with E-state index in [1.807, 2.05) is 25.1 Å². The summed E-state index contributed by atoms with van der Waals surface area (Å²) in [6.45, 7) is 1.43. The lowest BCUT2D eigenvalue weighted by atomic mass is 10.1. The van der Waals surface area contributed by atoms with Crippen LogP contribution in [0.1, 0.15) is 17.2 Å². The minimum absolute atomic E-state index is 0.515. The molecule has 0 saturated carbocycles. The van der Waals surface area contributed by atoms with Gasteiger partial charge in [-0.3, -0.25) is 0 Å². The van der Waals surface area contributed by atoms with E-state index in [1.54, 1.807) is 0 Å². The molecule has 66 valence electrons. The third kappa shape index (κ3) is 2.05. The Labute approximate surface area is 79.9 Å². The van der Waals surface area contributed by atoms with Crippen LogP contribution in [0.25, 0.3) is 0 Å². The lowest BCUT2D eigenvalue weighted by Gasteiger charge is -2.10. The minimum Gasteiger partial charge on any atom is -0.322 e. The Morgan fingerprint density at radius 2 is 2.25 bits per heavy atom. The van der Waals surface area contributed by atoms with Gasteiger partial charge in [0.15, 0.2) is 0 Å². The van der Waals surface area contributed by atoms with Crippen LogP contribution >= 0.6 is 15.9 Å². The molecule has 0 saturated heterocycles. The van der Waals surface area contributed by atoms with E-state index in [0.717, 1.165) is 15.6 Å². The standard InChI is InChI=1S/C9H11BrFN/c1-6-2-3-8(10)7(4-6)9(12)5-11/h2-4,9H,5,12H2,1H3/t9-/m0/s1. The van der Waals surface area contributed by atoms with Crippen LogP contribution < -0.4 is 5.73 Å². The first-order valence-corrected chi connectivity index (χ1v) is 4.52. The van der Waals surface area contributed by atoms with E-state index in [1.165, 1.54) is 0 Å². The molecule has 0 aliphatic rings. The number of rotatable bonds is 2. The van der Waals surface area contributed by atoms with Crippen molar-refractivity contribution in [1.29, 1.82) is 0 Å². The maximum atomic E-state index is 12.2. The van der Waals surface area contributed by atoms with Crippen LogP contribution in [0.4, 0.5) is 4.39 Å². The van der Waals surface area contributed by atoms with Gasteiger partial charge in [-0.25, -0.2) is 4.39 Å². The normalized spacial score (nSPS) is 13.0. The monoisotopic (exact) mass is 231 g/mol. The lowest BCUT2D eigenvalue weighted by Crippen LogP contribution is -2.12. The average molecular weight is 232 g/mol. The van der Waals surface area contributed by atoms with E-state index in [0.29, 0.717) is 0 Å². The molecule has 1 nitrogen and oxygen atoms in total. The molecule has 0 heterocycles. The average Bonchev–Trinajstić information content (AvgIpc) is 2.08. The van der Waals surface area contributed by atoms with Crippen LogP contribution in [0.15, 0.2) is 22.7 Å². The predicted octanol–water partition coefficient (Wildman–Crippen LogP) is 2.73. The van der Waals surface area contributed by atoms with Gasteiger partial charge in [-0.15, -0.1) is 0 Å². The van der Waals surface area contributed by atoms with Gasteiger partial charge in [0.25, 0.3) is 0 Å². The fourth-order valence-electron chi connectivity index (χ4n) is 1.03. The Morgan fingerprint density at radius 1 is 1.58 bits per heavy atom. The van der Waals surface area contributed by atoms with Gasteiger partial charge in [0.1, 0.15) is 6.67 Å².